The third-order valence-electron chi connectivity index (χ3n) is 6.11. The van der Waals surface area contributed by atoms with Crippen molar-refractivity contribution in [2.75, 3.05) is 17.1 Å². The number of rotatable bonds is 9. The summed E-state index contributed by atoms with van der Waals surface area (Å²) in [4.78, 5) is 28.0. The topological polar surface area (TPSA) is 86.8 Å². The van der Waals surface area contributed by atoms with E-state index in [-0.39, 0.29) is 39.2 Å². The Bertz CT molecular complexity index is 1240. The van der Waals surface area contributed by atoms with Gasteiger partial charge >= 0.3 is 0 Å². The van der Waals surface area contributed by atoms with E-state index in [0.717, 1.165) is 36.2 Å². The second kappa shape index (κ2) is 12.2. The van der Waals surface area contributed by atoms with Gasteiger partial charge in [-0.1, -0.05) is 77.4 Å². The van der Waals surface area contributed by atoms with Crippen molar-refractivity contribution < 1.29 is 18.0 Å². The fourth-order valence-corrected chi connectivity index (χ4v) is 5.82. The van der Waals surface area contributed by atoms with E-state index in [4.69, 9.17) is 46.4 Å². The van der Waals surface area contributed by atoms with E-state index in [1.165, 1.54) is 17.0 Å². The number of carbonyl (C=O) groups is 2. The first-order valence-corrected chi connectivity index (χ1v) is 14.7. The first-order valence-electron chi connectivity index (χ1n) is 11.3. The minimum atomic E-state index is -3.97. The van der Waals surface area contributed by atoms with Crippen LogP contribution < -0.4 is 9.62 Å². The van der Waals surface area contributed by atoms with Crippen LogP contribution >= 0.6 is 46.4 Å². The van der Waals surface area contributed by atoms with E-state index in [1.807, 2.05) is 0 Å². The molecule has 36 heavy (non-hydrogen) atoms. The number of carbonyl (C=O) groups excluding carboxylic acids is 2. The minimum Gasteiger partial charge on any atom is -0.352 e. The second-order valence-corrected chi connectivity index (χ2v) is 12.3. The van der Waals surface area contributed by atoms with Crippen LogP contribution in [0.5, 0.6) is 0 Å². The molecule has 1 fully saturated rings. The number of anilines is 1. The maximum Gasteiger partial charge on any atom is 0.244 e. The van der Waals surface area contributed by atoms with Crippen LogP contribution in [0.4, 0.5) is 5.69 Å². The van der Waals surface area contributed by atoms with E-state index in [0.29, 0.717) is 10.6 Å². The lowest BCUT2D eigenvalue weighted by atomic mass is 10.1. The van der Waals surface area contributed by atoms with E-state index in [1.54, 1.807) is 31.2 Å². The SMILES string of the molecule is C[C@H](C(=O)NC1CCCC1)N(Cc1ccccc1Cl)C(=O)CN(c1cc(Cl)c(Cl)cc1Cl)S(C)(=O)=O. The highest BCUT2D eigenvalue weighted by Gasteiger charge is 2.32. The molecular formula is C24H27Cl4N3O4S. The normalized spacial score (nSPS) is 14.9. The molecular weight excluding hydrogens is 568 g/mol. The molecule has 1 atom stereocenters. The van der Waals surface area contributed by atoms with Crippen molar-refractivity contribution in [2.24, 2.45) is 0 Å². The van der Waals surface area contributed by atoms with Crippen molar-refractivity contribution in [1.29, 1.82) is 0 Å². The molecule has 0 spiro atoms. The molecule has 0 heterocycles. The molecule has 0 aromatic heterocycles. The fraction of sp³-hybridized carbons (Fsp3) is 0.417. The summed E-state index contributed by atoms with van der Waals surface area (Å²) in [5.74, 6) is -0.933. The Morgan fingerprint density at radius 3 is 2.22 bits per heavy atom. The van der Waals surface area contributed by atoms with Crippen LogP contribution in [-0.2, 0) is 26.2 Å². The number of nitrogens with one attached hydrogen (secondary N) is 1. The van der Waals surface area contributed by atoms with Crippen molar-refractivity contribution in [3.63, 3.8) is 0 Å². The molecule has 0 radical (unpaired) electrons. The zero-order valence-corrected chi connectivity index (χ0v) is 23.6. The zero-order valence-electron chi connectivity index (χ0n) is 19.8. The van der Waals surface area contributed by atoms with Gasteiger partial charge in [0, 0.05) is 17.6 Å². The highest BCUT2D eigenvalue weighted by atomic mass is 35.5. The van der Waals surface area contributed by atoms with Gasteiger partial charge < -0.3 is 10.2 Å². The predicted molar refractivity (Wildman–Crippen MR) is 146 cm³/mol. The highest BCUT2D eigenvalue weighted by Crippen LogP contribution is 2.35. The quantitative estimate of drug-likeness (QED) is 0.386. The van der Waals surface area contributed by atoms with Gasteiger partial charge in [-0.25, -0.2) is 8.42 Å². The molecule has 0 unspecified atom stereocenters. The van der Waals surface area contributed by atoms with Gasteiger partial charge in [0.2, 0.25) is 21.8 Å². The van der Waals surface area contributed by atoms with Gasteiger partial charge in [0.25, 0.3) is 0 Å². The van der Waals surface area contributed by atoms with Gasteiger partial charge in [-0.2, -0.15) is 0 Å². The molecule has 196 valence electrons. The zero-order chi connectivity index (χ0) is 26.6. The molecule has 3 rings (SSSR count). The fourth-order valence-electron chi connectivity index (χ4n) is 4.08. The molecule has 2 aromatic rings. The first kappa shape index (κ1) is 28.9. The molecule has 1 aliphatic rings. The summed E-state index contributed by atoms with van der Waals surface area (Å²) in [7, 11) is -3.97. The highest BCUT2D eigenvalue weighted by molar-refractivity contribution is 7.92. The third-order valence-corrected chi connectivity index (χ3v) is 8.63. The number of nitrogens with zero attached hydrogens (tertiary/aromatic N) is 2. The molecule has 0 bridgehead atoms. The Morgan fingerprint density at radius 2 is 1.61 bits per heavy atom. The van der Waals surface area contributed by atoms with Gasteiger partial charge in [-0.05, 0) is 43.5 Å². The smallest absolute Gasteiger partial charge is 0.244 e. The largest absolute Gasteiger partial charge is 0.352 e. The Balaban J connectivity index is 1.94. The molecule has 2 aromatic carbocycles. The molecule has 1 N–H and O–H groups in total. The van der Waals surface area contributed by atoms with Crippen molar-refractivity contribution >= 4 is 73.9 Å². The Kier molecular flexibility index (Phi) is 9.80. The van der Waals surface area contributed by atoms with Crippen LogP contribution in [0.2, 0.25) is 20.1 Å². The Morgan fingerprint density at radius 1 is 1.00 bits per heavy atom. The Labute approximate surface area is 231 Å². The maximum atomic E-state index is 13.6. The van der Waals surface area contributed by atoms with Gasteiger partial charge in [-0.3, -0.25) is 13.9 Å². The van der Waals surface area contributed by atoms with Crippen molar-refractivity contribution in [3.05, 3.63) is 62.1 Å². The summed E-state index contributed by atoms with van der Waals surface area (Å²) < 4.78 is 26.3. The molecule has 1 aliphatic carbocycles. The van der Waals surface area contributed by atoms with E-state index in [9.17, 15) is 18.0 Å². The average Bonchev–Trinajstić information content (AvgIpc) is 3.31. The van der Waals surface area contributed by atoms with E-state index < -0.39 is 28.5 Å². The number of amides is 2. The standard InChI is InChI=1S/C24H27Cl4N3O4S/c1-15(24(33)29-17-8-4-5-9-17)30(13-16-7-3-6-10-18(16)25)23(32)14-31(36(2,34)35)22-12-20(27)19(26)11-21(22)28/h3,6-7,10-12,15,17H,4-5,8-9,13-14H2,1-2H3,(H,29,33)/t15-/m1/s1. The van der Waals surface area contributed by atoms with Crippen molar-refractivity contribution in [2.45, 2.75) is 51.2 Å². The average molecular weight is 595 g/mol. The summed E-state index contributed by atoms with van der Waals surface area (Å²) in [6.07, 6.45) is 4.79. The number of hydrogen-bond donors (Lipinski definition) is 1. The molecule has 0 saturated heterocycles. The van der Waals surface area contributed by atoms with Gasteiger partial charge in [-0.15, -0.1) is 0 Å². The van der Waals surface area contributed by atoms with Gasteiger partial charge in [0.15, 0.2) is 0 Å². The summed E-state index contributed by atoms with van der Waals surface area (Å²) >= 11 is 24.7. The molecule has 0 aliphatic heterocycles. The molecule has 1 saturated carbocycles. The predicted octanol–water partition coefficient (Wildman–Crippen LogP) is 5.54. The van der Waals surface area contributed by atoms with E-state index >= 15 is 0 Å². The number of hydrogen-bond acceptors (Lipinski definition) is 4. The summed E-state index contributed by atoms with van der Waals surface area (Å²) in [6.45, 7) is 1.00. The van der Waals surface area contributed by atoms with Crippen LogP contribution in [0.15, 0.2) is 36.4 Å². The lowest BCUT2D eigenvalue weighted by Crippen LogP contribution is -2.52. The summed E-state index contributed by atoms with van der Waals surface area (Å²) in [5, 5.41) is 3.65. The lowest BCUT2D eigenvalue weighted by molar-refractivity contribution is -0.139. The lowest BCUT2D eigenvalue weighted by Gasteiger charge is -2.32. The Hall–Kier alpha value is -1.71. The number of halogens is 4. The number of sulfonamides is 1. The molecule has 2 amide bonds. The summed E-state index contributed by atoms with van der Waals surface area (Å²) in [6, 6.07) is 8.71. The second-order valence-electron chi connectivity index (χ2n) is 8.77. The number of benzene rings is 2. The maximum absolute atomic E-state index is 13.6. The minimum absolute atomic E-state index is 0.00247. The monoisotopic (exact) mass is 593 g/mol. The summed E-state index contributed by atoms with van der Waals surface area (Å²) in [5.41, 5.74) is 0.620. The van der Waals surface area contributed by atoms with Crippen molar-refractivity contribution in [3.8, 4) is 0 Å². The van der Waals surface area contributed by atoms with Crippen LogP contribution in [0, 0.1) is 0 Å². The van der Waals surface area contributed by atoms with Crippen LogP contribution in [0.1, 0.15) is 38.2 Å². The molecule has 12 heteroatoms. The van der Waals surface area contributed by atoms with E-state index in [2.05, 4.69) is 5.32 Å². The van der Waals surface area contributed by atoms with Crippen LogP contribution in [-0.4, -0.2) is 50.0 Å². The van der Waals surface area contributed by atoms with Crippen molar-refractivity contribution in [1.82, 2.24) is 10.2 Å². The van der Waals surface area contributed by atoms with Crippen LogP contribution in [0.3, 0.4) is 0 Å². The van der Waals surface area contributed by atoms with Gasteiger partial charge in [0.05, 0.1) is 27.0 Å². The van der Waals surface area contributed by atoms with Crippen LogP contribution in [0.25, 0.3) is 0 Å². The molecule has 7 nitrogen and oxygen atoms in total. The third kappa shape index (κ3) is 7.19. The first-order chi connectivity index (χ1) is 16.9. The van der Waals surface area contributed by atoms with Gasteiger partial charge in [0.1, 0.15) is 12.6 Å².